The van der Waals surface area contributed by atoms with E-state index in [1.165, 1.54) is 28.8 Å². The maximum absolute atomic E-state index is 14.0. The smallest absolute Gasteiger partial charge is 0.322 e. The number of rotatable bonds is 2. The Morgan fingerprint density at radius 3 is 3.03 bits per heavy atom. The number of anilines is 1. The van der Waals surface area contributed by atoms with Crippen molar-refractivity contribution in [3.8, 4) is 0 Å². The standard InChI is InChI=1S/C18H19BrFN5O4/c1-23-17(27)16-12-8-24(18(28)21-15-6-10(19)2-3-13(15)20)5-4-14(12)22-25(16)7-11(9-26)29-23/h2-3,6,11,26H,4-5,7-9H2,1H3,(H,21,28)/t11-/m0/s1. The lowest BCUT2D eigenvalue weighted by molar-refractivity contribution is -0.159. The number of nitrogens with one attached hydrogen (secondary N) is 1. The largest absolute Gasteiger partial charge is 0.393 e. The van der Waals surface area contributed by atoms with Gasteiger partial charge in [0.2, 0.25) is 0 Å². The van der Waals surface area contributed by atoms with Crippen LogP contribution < -0.4 is 5.32 Å². The molecule has 0 fully saturated rings. The van der Waals surface area contributed by atoms with Gasteiger partial charge in [0, 0.05) is 30.0 Å². The van der Waals surface area contributed by atoms with Gasteiger partial charge in [-0.2, -0.15) is 5.10 Å². The molecule has 2 N–H and O–H groups in total. The monoisotopic (exact) mass is 467 g/mol. The Kier molecular flexibility index (Phi) is 5.28. The van der Waals surface area contributed by atoms with E-state index in [1.54, 1.807) is 6.07 Å². The number of carbonyl (C=O) groups excluding carboxylic acids is 2. The van der Waals surface area contributed by atoms with E-state index in [2.05, 4.69) is 26.3 Å². The summed E-state index contributed by atoms with van der Waals surface area (Å²) >= 11 is 3.26. The molecule has 2 aliphatic heterocycles. The fourth-order valence-electron chi connectivity index (χ4n) is 3.50. The first-order valence-electron chi connectivity index (χ1n) is 9.02. The van der Waals surface area contributed by atoms with Crippen molar-refractivity contribution >= 4 is 33.6 Å². The van der Waals surface area contributed by atoms with Gasteiger partial charge in [-0.1, -0.05) is 15.9 Å². The van der Waals surface area contributed by atoms with Crippen LogP contribution in [0.5, 0.6) is 0 Å². The van der Waals surface area contributed by atoms with E-state index >= 15 is 0 Å². The molecule has 0 bridgehead atoms. The summed E-state index contributed by atoms with van der Waals surface area (Å²) in [5.74, 6) is -0.933. The first-order valence-corrected chi connectivity index (χ1v) is 9.82. The molecule has 11 heteroatoms. The number of benzene rings is 1. The lowest BCUT2D eigenvalue weighted by Crippen LogP contribution is -2.40. The van der Waals surface area contributed by atoms with Crippen LogP contribution in [0.25, 0.3) is 0 Å². The van der Waals surface area contributed by atoms with Crippen molar-refractivity contribution in [3.63, 3.8) is 0 Å². The molecule has 3 heterocycles. The fourth-order valence-corrected chi connectivity index (χ4v) is 3.86. The van der Waals surface area contributed by atoms with Crippen LogP contribution in [0.15, 0.2) is 22.7 Å². The number of nitrogens with zero attached hydrogens (tertiary/aromatic N) is 4. The van der Waals surface area contributed by atoms with Crippen LogP contribution in [0.3, 0.4) is 0 Å². The molecular formula is C18H19BrFN5O4. The summed E-state index contributed by atoms with van der Waals surface area (Å²) in [5, 5.41) is 17.6. The molecule has 0 aliphatic carbocycles. The van der Waals surface area contributed by atoms with Crippen molar-refractivity contribution in [1.82, 2.24) is 19.7 Å². The number of carbonyl (C=O) groups is 2. The van der Waals surface area contributed by atoms with Crippen LogP contribution in [0, 0.1) is 5.82 Å². The summed E-state index contributed by atoms with van der Waals surface area (Å²) in [6.07, 6.45) is -0.129. The van der Waals surface area contributed by atoms with E-state index in [4.69, 9.17) is 4.84 Å². The van der Waals surface area contributed by atoms with Gasteiger partial charge in [-0.05, 0) is 18.2 Å². The minimum absolute atomic E-state index is 0.0685. The van der Waals surface area contributed by atoms with E-state index in [9.17, 15) is 19.1 Å². The summed E-state index contributed by atoms with van der Waals surface area (Å²) in [7, 11) is 1.48. The minimum Gasteiger partial charge on any atom is -0.393 e. The van der Waals surface area contributed by atoms with Crippen molar-refractivity contribution < 1.29 is 23.9 Å². The first kappa shape index (κ1) is 19.8. The Balaban J connectivity index is 1.59. The SMILES string of the molecule is CN1O[C@H](CO)Cn2nc3c(c2C1=O)CN(C(=O)Nc1cc(Br)ccc1F)CC3. The molecule has 0 saturated heterocycles. The zero-order valence-corrected chi connectivity index (χ0v) is 17.1. The van der Waals surface area contributed by atoms with Crippen LogP contribution in [-0.2, 0) is 24.3 Å². The van der Waals surface area contributed by atoms with Crippen molar-refractivity contribution in [2.24, 2.45) is 0 Å². The number of aliphatic hydroxyl groups is 1. The highest BCUT2D eigenvalue weighted by molar-refractivity contribution is 9.10. The normalized spacial score (nSPS) is 18.9. The van der Waals surface area contributed by atoms with Crippen molar-refractivity contribution in [3.05, 3.63) is 45.4 Å². The van der Waals surface area contributed by atoms with Crippen LogP contribution in [-0.4, -0.2) is 63.1 Å². The molecule has 4 rings (SSSR count). The van der Waals surface area contributed by atoms with E-state index in [0.717, 1.165) is 10.8 Å². The number of aromatic nitrogens is 2. The average Bonchev–Trinajstić information content (AvgIpc) is 3.00. The predicted octanol–water partition coefficient (Wildman–Crippen LogP) is 1.75. The lowest BCUT2D eigenvalue weighted by atomic mass is 10.1. The number of hydrogen-bond acceptors (Lipinski definition) is 5. The van der Waals surface area contributed by atoms with Gasteiger partial charge in [0.25, 0.3) is 5.91 Å². The molecule has 3 amide bonds. The Labute approximate surface area is 174 Å². The minimum atomic E-state index is -0.592. The average molecular weight is 468 g/mol. The Bertz CT molecular complexity index is 981. The number of amides is 3. The van der Waals surface area contributed by atoms with Gasteiger partial charge < -0.3 is 15.3 Å². The molecule has 1 aromatic carbocycles. The third-order valence-electron chi connectivity index (χ3n) is 4.93. The van der Waals surface area contributed by atoms with Gasteiger partial charge in [0.15, 0.2) is 0 Å². The topological polar surface area (TPSA) is 99.9 Å². The summed E-state index contributed by atoms with van der Waals surface area (Å²) in [6, 6.07) is 3.83. The predicted molar refractivity (Wildman–Crippen MR) is 104 cm³/mol. The molecule has 29 heavy (non-hydrogen) atoms. The summed E-state index contributed by atoms with van der Waals surface area (Å²) in [6.45, 7) is 0.517. The van der Waals surface area contributed by atoms with E-state index in [0.29, 0.717) is 28.7 Å². The van der Waals surface area contributed by atoms with Crippen molar-refractivity contribution in [2.45, 2.75) is 25.6 Å². The number of halogens is 2. The third-order valence-corrected chi connectivity index (χ3v) is 5.43. The number of hydrogen-bond donors (Lipinski definition) is 2. The van der Waals surface area contributed by atoms with Gasteiger partial charge >= 0.3 is 6.03 Å². The Morgan fingerprint density at radius 1 is 1.48 bits per heavy atom. The second kappa shape index (κ2) is 7.73. The maximum atomic E-state index is 14.0. The zero-order chi connectivity index (χ0) is 20.7. The van der Waals surface area contributed by atoms with E-state index < -0.39 is 23.9 Å². The van der Waals surface area contributed by atoms with Crippen LogP contribution in [0.1, 0.15) is 21.7 Å². The number of fused-ring (bicyclic) bond motifs is 3. The second-order valence-corrected chi connectivity index (χ2v) is 7.81. The molecule has 1 aromatic heterocycles. The van der Waals surface area contributed by atoms with E-state index in [-0.39, 0.29) is 25.4 Å². The van der Waals surface area contributed by atoms with Crippen LogP contribution in [0.2, 0.25) is 0 Å². The van der Waals surface area contributed by atoms with E-state index in [1.807, 2.05) is 0 Å². The first-order chi connectivity index (χ1) is 13.9. The number of urea groups is 1. The summed E-state index contributed by atoms with van der Waals surface area (Å²) in [5.41, 5.74) is 1.78. The highest BCUT2D eigenvalue weighted by atomic mass is 79.9. The van der Waals surface area contributed by atoms with Gasteiger partial charge in [-0.15, -0.1) is 0 Å². The van der Waals surface area contributed by atoms with Gasteiger partial charge in [0.1, 0.15) is 17.6 Å². The Hall–Kier alpha value is -2.50. The lowest BCUT2D eigenvalue weighted by Gasteiger charge is -2.27. The van der Waals surface area contributed by atoms with Gasteiger partial charge in [0.05, 0.1) is 31.1 Å². The molecular weight excluding hydrogens is 449 g/mol. The van der Waals surface area contributed by atoms with Gasteiger partial charge in [-0.3, -0.25) is 14.3 Å². The second-order valence-electron chi connectivity index (χ2n) is 6.89. The molecule has 0 unspecified atom stereocenters. The molecule has 2 aliphatic rings. The number of aliphatic hydroxyl groups excluding tert-OH is 1. The van der Waals surface area contributed by atoms with Crippen LogP contribution >= 0.6 is 15.9 Å². The Morgan fingerprint density at radius 2 is 2.28 bits per heavy atom. The molecule has 0 saturated carbocycles. The molecule has 154 valence electrons. The molecule has 2 aromatic rings. The molecule has 1 atom stereocenters. The summed E-state index contributed by atoms with van der Waals surface area (Å²) in [4.78, 5) is 32.4. The zero-order valence-electron chi connectivity index (χ0n) is 15.6. The van der Waals surface area contributed by atoms with Crippen molar-refractivity contribution in [1.29, 1.82) is 0 Å². The highest BCUT2D eigenvalue weighted by Crippen LogP contribution is 2.27. The van der Waals surface area contributed by atoms with Crippen molar-refractivity contribution in [2.75, 3.05) is 25.5 Å². The third kappa shape index (κ3) is 3.72. The number of hydroxylamine groups is 2. The van der Waals surface area contributed by atoms with Gasteiger partial charge in [-0.25, -0.2) is 14.2 Å². The molecule has 0 spiro atoms. The summed E-state index contributed by atoms with van der Waals surface area (Å²) < 4.78 is 16.1. The molecule has 9 nitrogen and oxygen atoms in total. The maximum Gasteiger partial charge on any atom is 0.322 e. The molecule has 0 radical (unpaired) electrons. The highest BCUT2D eigenvalue weighted by Gasteiger charge is 2.35. The quantitative estimate of drug-likeness (QED) is 0.700. The fraction of sp³-hybridized carbons (Fsp3) is 0.389. The van der Waals surface area contributed by atoms with Crippen LogP contribution in [0.4, 0.5) is 14.9 Å².